The molecule has 2 aromatic carbocycles. The van der Waals surface area contributed by atoms with Crippen LogP contribution in [-0.4, -0.2) is 41.6 Å². The molecule has 1 aromatic heterocycles. The van der Waals surface area contributed by atoms with Crippen LogP contribution in [0.25, 0.3) is 0 Å². The molecule has 3 aromatic rings. The van der Waals surface area contributed by atoms with Crippen molar-refractivity contribution < 1.29 is 29.2 Å². The number of ether oxygens (including phenoxy) is 4. The lowest BCUT2D eigenvalue weighted by Gasteiger charge is -2.39. The molecule has 0 aliphatic carbocycles. The molecule has 1 atom stereocenters. The number of aromatic amines is 1. The fraction of sp³-hybridized carbons (Fsp3) is 0.400. The van der Waals surface area contributed by atoms with Crippen LogP contribution in [0.1, 0.15) is 41.3 Å². The van der Waals surface area contributed by atoms with Gasteiger partial charge in [-0.1, -0.05) is 30.4 Å². The molecule has 0 amide bonds. The van der Waals surface area contributed by atoms with Gasteiger partial charge in [-0.3, -0.25) is 9.78 Å². The molecule has 0 spiro atoms. The number of nitrogens with one attached hydrogen (secondary N) is 1. The van der Waals surface area contributed by atoms with Crippen LogP contribution in [0.3, 0.4) is 0 Å². The van der Waals surface area contributed by atoms with Gasteiger partial charge in [0.1, 0.15) is 18.0 Å². The number of fused-ring (bicyclic) bond motifs is 1. The smallest absolute Gasteiger partial charge is 0.307 e. The fourth-order valence-electron chi connectivity index (χ4n) is 4.26. The number of phenolic OH excluding ortho intramolecular Hbond substituents is 1. The third-order valence-corrected chi connectivity index (χ3v) is 7.27. The van der Waals surface area contributed by atoms with Crippen LogP contribution in [0.5, 0.6) is 34.6 Å². The third kappa shape index (κ3) is 4.40. The van der Waals surface area contributed by atoms with Crippen molar-refractivity contribution in [1.82, 2.24) is 4.98 Å². The molecule has 3 N–H and O–H groups in total. The van der Waals surface area contributed by atoms with Gasteiger partial charge >= 0.3 is 4.87 Å². The molecule has 4 rings (SSSR count). The quantitative estimate of drug-likeness (QED) is 0.434. The first-order valence-corrected chi connectivity index (χ1v) is 11.9. The van der Waals surface area contributed by atoms with E-state index in [1.165, 1.54) is 14.2 Å². The van der Waals surface area contributed by atoms with Crippen LogP contribution < -0.4 is 23.8 Å². The Bertz CT molecular complexity index is 1230. The molecule has 8 nitrogen and oxygen atoms in total. The maximum Gasteiger partial charge on any atom is 0.307 e. The van der Waals surface area contributed by atoms with E-state index < -0.39 is 5.60 Å². The van der Waals surface area contributed by atoms with Gasteiger partial charge in [0.05, 0.1) is 19.1 Å². The number of aromatic hydroxyl groups is 2. The minimum Gasteiger partial charge on any atom is -0.504 e. The van der Waals surface area contributed by atoms with Crippen molar-refractivity contribution in [2.75, 3.05) is 20.8 Å². The SMILES string of the molecule is CCC1(COc2ccc(Cc3sc(=O)[nH]c3O)cc2)CCc2c(C)c(O)c(OC)c(OC)c2O1. The maximum atomic E-state index is 11.4. The van der Waals surface area contributed by atoms with E-state index in [9.17, 15) is 15.0 Å². The summed E-state index contributed by atoms with van der Waals surface area (Å²) in [5, 5.41) is 20.3. The Morgan fingerprint density at radius 3 is 2.44 bits per heavy atom. The molecule has 1 aliphatic rings. The Hall–Kier alpha value is -3.33. The molecule has 1 aliphatic heterocycles. The van der Waals surface area contributed by atoms with E-state index in [1.54, 1.807) is 0 Å². The molecule has 1 unspecified atom stereocenters. The zero-order valence-electron chi connectivity index (χ0n) is 19.7. The first-order valence-electron chi connectivity index (χ1n) is 11.1. The van der Waals surface area contributed by atoms with Crippen LogP contribution in [0.15, 0.2) is 29.1 Å². The number of aromatic nitrogens is 1. The van der Waals surface area contributed by atoms with Crippen molar-refractivity contribution in [1.29, 1.82) is 0 Å². The minimum absolute atomic E-state index is 0.0715. The Kier molecular flexibility index (Phi) is 6.65. The molecule has 0 bridgehead atoms. The second-order valence-electron chi connectivity index (χ2n) is 8.38. The van der Waals surface area contributed by atoms with E-state index in [0.29, 0.717) is 41.6 Å². The zero-order chi connectivity index (χ0) is 24.5. The Morgan fingerprint density at radius 1 is 1.15 bits per heavy atom. The molecule has 0 saturated heterocycles. The van der Waals surface area contributed by atoms with Gasteiger partial charge in [-0.15, -0.1) is 0 Å². The summed E-state index contributed by atoms with van der Waals surface area (Å²) in [4.78, 5) is 14.1. The highest BCUT2D eigenvalue weighted by Gasteiger charge is 2.40. The number of benzene rings is 2. The second-order valence-corrected chi connectivity index (χ2v) is 9.45. The lowest BCUT2D eigenvalue weighted by Crippen LogP contribution is -2.44. The molecule has 182 valence electrons. The highest BCUT2D eigenvalue weighted by atomic mass is 32.1. The number of methoxy groups -OCH3 is 2. The van der Waals surface area contributed by atoms with Crippen LogP contribution in [0.2, 0.25) is 0 Å². The maximum absolute atomic E-state index is 11.4. The molecule has 0 saturated carbocycles. The molecule has 9 heteroatoms. The van der Waals surface area contributed by atoms with Crippen molar-refractivity contribution in [3.63, 3.8) is 0 Å². The van der Waals surface area contributed by atoms with Gasteiger partial charge in [-0.05, 0) is 43.9 Å². The van der Waals surface area contributed by atoms with Crippen molar-refractivity contribution in [2.24, 2.45) is 0 Å². The van der Waals surface area contributed by atoms with E-state index >= 15 is 0 Å². The minimum atomic E-state index is -0.559. The van der Waals surface area contributed by atoms with E-state index in [2.05, 4.69) is 11.9 Å². The summed E-state index contributed by atoms with van der Waals surface area (Å²) in [7, 11) is 3.02. The van der Waals surface area contributed by atoms with Crippen LogP contribution in [-0.2, 0) is 12.8 Å². The lowest BCUT2D eigenvalue weighted by molar-refractivity contribution is -0.00425. The summed E-state index contributed by atoms with van der Waals surface area (Å²) >= 11 is 1.00. The first kappa shape index (κ1) is 23.8. The van der Waals surface area contributed by atoms with Gasteiger partial charge in [-0.25, -0.2) is 0 Å². The molecule has 34 heavy (non-hydrogen) atoms. The van der Waals surface area contributed by atoms with E-state index in [1.807, 2.05) is 31.2 Å². The molecule has 0 fully saturated rings. The van der Waals surface area contributed by atoms with E-state index in [0.717, 1.165) is 40.9 Å². The molecular weight excluding hydrogens is 458 g/mol. The Morgan fingerprint density at radius 2 is 1.85 bits per heavy atom. The first-order chi connectivity index (χ1) is 16.3. The van der Waals surface area contributed by atoms with Crippen LogP contribution in [0, 0.1) is 6.92 Å². The van der Waals surface area contributed by atoms with Gasteiger partial charge in [0.15, 0.2) is 11.5 Å². The molecule has 2 heterocycles. The Balaban J connectivity index is 1.50. The number of phenols is 1. The van der Waals surface area contributed by atoms with Crippen molar-refractivity contribution in [2.45, 2.75) is 45.1 Å². The average molecular weight is 488 g/mol. The number of hydrogen-bond donors (Lipinski definition) is 3. The van der Waals surface area contributed by atoms with Gasteiger partial charge in [-0.2, -0.15) is 0 Å². The standard InChI is InChI=1S/C25H29NO7S/c1-5-25(11-10-17-14(2)19(27)21(30-3)22(31-4)20(17)33-25)13-32-16-8-6-15(7-9-16)12-18-23(28)26-24(29)34-18/h6-9,27-28H,5,10-13H2,1-4H3,(H,26,29). The number of hydrogen-bond acceptors (Lipinski definition) is 8. The Labute approximate surface area is 201 Å². The summed E-state index contributed by atoms with van der Waals surface area (Å²) in [5.41, 5.74) is 2.04. The predicted molar refractivity (Wildman–Crippen MR) is 129 cm³/mol. The molecular formula is C25H29NO7S. The normalized spacial score (nSPS) is 17.1. The second kappa shape index (κ2) is 9.50. The van der Waals surface area contributed by atoms with Gasteiger partial charge in [0.2, 0.25) is 17.4 Å². The topological polar surface area (TPSA) is 110 Å². The van der Waals surface area contributed by atoms with Gasteiger partial charge < -0.3 is 29.2 Å². The van der Waals surface area contributed by atoms with Crippen LogP contribution in [0.4, 0.5) is 0 Å². The number of thiazole rings is 1. The van der Waals surface area contributed by atoms with E-state index in [-0.39, 0.29) is 22.3 Å². The summed E-state index contributed by atoms with van der Waals surface area (Å²) < 4.78 is 23.6. The zero-order valence-corrected chi connectivity index (χ0v) is 20.5. The van der Waals surface area contributed by atoms with Crippen molar-refractivity contribution >= 4 is 11.3 Å². The number of H-pyrrole nitrogens is 1. The highest BCUT2D eigenvalue weighted by Crippen LogP contribution is 2.52. The largest absolute Gasteiger partial charge is 0.504 e. The monoisotopic (exact) mass is 487 g/mol. The lowest BCUT2D eigenvalue weighted by atomic mass is 9.87. The van der Waals surface area contributed by atoms with Gasteiger partial charge in [0.25, 0.3) is 0 Å². The third-order valence-electron chi connectivity index (χ3n) is 6.40. The fourth-order valence-corrected chi connectivity index (χ4v) is 5.02. The predicted octanol–water partition coefficient (Wildman–Crippen LogP) is 4.32. The van der Waals surface area contributed by atoms with Crippen molar-refractivity contribution in [3.8, 4) is 34.6 Å². The van der Waals surface area contributed by atoms with Gasteiger partial charge in [0, 0.05) is 17.5 Å². The van der Waals surface area contributed by atoms with E-state index in [4.69, 9.17) is 18.9 Å². The van der Waals surface area contributed by atoms with Crippen molar-refractivity contribution in [3.05, 3.63) is 55.5 Å². The summed E-state index contributed by atoms with van der Waals surface area (Å²) in [5.74, 6) is 1.93. The van der Waals surface area contributed by atoms with Crippen LogP contribution >= 0.6 is 11.3 Å². The number of rotatable bonds is 8. The summed E-state index contributed by atoms with van der Waals surface area (Å²) in [6.45, 7) is 4.25. The summed E-state index contributed by atoms with van der Waals surface area (Å²) in [6, 6.07) is 7.56. The average Bonchev–Trinajstić information content (AvgIpc) is 3.16. The highest BCUT2D eigenvalue weighted by molar-refractivity contribution is 7.09. The summed E-state index contributed by atoms with van der Waals surface area (Å²) in [6.07, 6.45) is 2.63. The molecule has 0 radical (unpaired) electrons.